The van der Waals surface area contributed by atoms with Gasteiger partial charge in [0, 0.05) is 18.1 Å². The van der Waals surface area contributed by atoms with Crippen LogP contribution in [0.15, 0.2) is 24.4 Å². The Kier molecular flexibility index (Phi) is 3.42. The number of benzene rings is 1. The smallest absolute Gasteiger partial charge is 0.146 e. The number of anilines is 1. The summed E-state index contributed by atoms with van der Waals surface area (Å²) in [7, 11) is 1.94. The molecule has 3 nitrogen and oxygen atoms in total. The second-order valence-electron chi connectivity index (χ2n) is 4.90. The van der Waals surface area contributed by atoms with Gasteiger partial charge >= 0.3 is 0 Å². The predicted octanol–water partition coefficient (Wildman–Crippen LogP) is 3.95. The van der Waals surface area contributed by atoms with Crippen molar-refractivity contribution in [3.8, 4) is 5.75 Å². The molecule has 19 heavy (non-hydrogen) atoms. The second kappa shape index (κ2) is 5.21. The van der Waals surface area contributed by atoms with Gasteiger partial charge < -0.3 is 10.1 Å². The Morgan fingerprint density at radius 2 is 2.26 bits per heavy atom. The van der Waals surface area contributed by atoms with Crippen molar-refractivity contribution in [2.75, 3.05) is 12.4 Å². The van der Waals surface area contributed by atoms with E-state index in [1.807, 2.05) is 13.2 Å². The Morgan fingerprint density at radius 3 is 2.89 bits per heavy atom. The number of hydrogen-bond acceptors (Lipinski definition) is 4. The molecule has 3 rings (SSSR count). The summed E-state index contributed by atoms with van der Waals surface area (Å²) in [4.78, 5) is 5.57. The number of nitrogens with zero attached hydrogens (tertiary/aromatic N) is 1. The molecular formula is C15H18N2OS. The molecule has 0 atom stereocenters. The van der Waals surface area contributed by atoms with Crippen molar-refractivity contribution in [3.05, 3.63) is 39.8 Å². The van der Waals surface area contributed by atoms with Gasteiger partial charge in [0.1, 0.15) is 17.4 Å². The summed E-state index contributed by atoms with van der Waals surface area (Å²) in [5, 5.41) is 4.25. The fourth-order valence-corrected chi connectivity index (χ4v) is 2.93. The van der Waals surface area contributed by atoms with E-state index >= 15 is 0 Å². The Balaban J connectivity index is 1.82. The molecule has 0 unspecified atom stereocenters. The van der Waals surface area contributed by atoms with Gasteiger partial charge in [0.05, 0.1) is 5.69 Å². The highest BCUT2D eigenvalue weighted by molar-refractivity contribution is 7.11. The van der Waals surface area contributed by atoms with Crippen LogP contribution in [0.3, 0.4) is 0 Å². The Labute approximate surface area is 117 Å². The van der Waals surface area contributed by atoms with Gasteiger partial charge in [-0.15, -0.1) is 11.3 Å². The quantitative estimate of drug-likeness (QED) is 0.896. The molecular weight excluding hydrogens is 256 g/mol. The Bertz CT molecular complexity index is 575. The van der Waals surface area contributed by atoms with Crippen molar-refractivity contribution in [3.63, 3.8) is 0 Å². The molecule has 100 valence electrons. The molecule has 2 aromatic rings. The number of para-hydroxylation sites is 1. The predicted molar refractivity (Wildman–Crippen MR) is 79.1 cm³/mol. The summed E-state index contributed by atoms with van der Waals surface area (Å²) >= 11 is 1.69. The van der Waals surface area contributed by atoms with E-state index < -0.39 is 0 Å². The molecule has 1 aromatic heterocycles. The topological polar surface area (TPSA) is 34.1 Å². The maximum Gasteiger partial charge on any atom is 0.146 e. The van der Waals surface area contributed by atoms with Crippen LogP contribution in [0.1, 0.15) is 34.2 Å². The molecule has 0 amide bonds. The van der Waals surface area contributed by atoms with Crippen LogP contribution in [0, 0.1) is 6.92 Å². The van der Waals surface area contributed by atoms with E-state index in [2.05, 4.69) is 35.4 Å². The van der Waals surface area contributed by atoms with Gasteiger partial charge in [0.2, 0.25) is 0 Å². The zero-order valence-corrected chi connectivity index (χ0v) is 12.1. The van der Waals surface area contributed by atoms with Crippen LogP contribution >= 0.6 is 11.3 Å². The fraction of sp³-hybridized carbons (Fsp3) is 0.400. The monoisotopic (exact) mass is 274 g/mol. The molecule has 1 aliphatic carbocycles. The van der Waals surface area contributed by atoms with Gasteiger partial charge in [0.15, 0.2) is 0 Å². The Morgan fingerprint density at radius 1 is 1.42 bits per heavy atom. The number of hydrogen-bond donors (Lipinski definition) is 1. The van der Waals surface area contributed by atoms with Crippen LogP contribution in [0.5, 0.6) is 5.75 Å². The minimum absolute atomic E-state index is 0.552. The van der Waals surface area contributed by atoms with Crippen molar-refractivity contribution >= 4 is 17.0 Å². The zero-order chi connectivity index (χ0) is 13.2. The van der Waals surface area contributed by atoms with Crippen molar-refractivity contribution in [2.45, 2.75) is 32.3 Å². The number of aryl methyl sites for hydroxylation is 1. The third-order valence-electron chi connectivity index (χ3n) is 3.34. The van der Waals surface area contributed by atoms with Gasteiger partial charge in [0.25, 0.3) is 0 Å². The normalized spacial score (nSPS) is 14.4. The molecule has 4 heteroatoms. The van der Waals surface area contributed by atoms with Gasteiger partial charge in [-0.25, -0.2) is 4.98 Å². The third kappa shape index (κ3) is 2.73. The summed E-state index contributed by atoms with van der Waals surface area (Å²) in [5.41, 5.74) is 2.40. The van der Waals surface area contributed by atoms with Gasteiger partial charge in [-0.1, -0.05) is 12.1 Å². The van der Waals surface area contributed by atoms with Crippen LogP contribution in [0.4, 0.5) is 5.69 Å². The average molecular weight is 274 g/mol. The summed E-state index contributed by atoms with van der Waals surface area (Å²) in [6.07, 6.45) is 4.45. The van der Waals surface area contributed by atoms with E-state index in [-0.39, 0.29) is 0 Å². The van der Waals surface area contributed by atoms with Gasteiger partial charge in [-0.05, 0) is 37.3 Å². The van der Waals surface area contributed by atoms with E-state index in [1.165, 1.54) is 23.3 Å². The molecule has 0 radical (unpaired) electrons. The number of ether oxygens (including phenoxy) is 1. The Hall–Kier alpha value is -1.55. The first-order valence-corrected chi connectivity index (χ1v) is 7.44. The van der Waals surface area contributed by atoms with E-state index in [1.54, 1.807) is 11.3 Å². The molecule has 1 N–H and O–H groups in total. The standard InChI is InChI=1S/C15H18N2OS/c1-10-8-17-14(19-10)9-18-15-12(11-6-7-11)4-3-5-13(15)16-2/h3-5,8,11,16H,6-7,9H2,1-2H3. The number of nitrogens with one attached hydrogen (secondary N) is 1. The minimum atomic E-state index is 0.552. The SMILES string of the molecule is CNc1cccc(C2CC2)c1OCc1ncc(C)s1. The maximum absolute atomic E-state index is 6.05. The highest BCUT2D eigenvalue weighted by Gasteiger charge is 2.27. The molecule has 1 aromatic carbocycles. The third-order valence-corrected chi connectivity index (χ3v) is 4.23. The van der Waals surface area contributed by atoms with Crippen molar-refractivity contribution in [1.82, 2.24) is 4.98 Å². The maximum atomic E-state index is 6.05. The summed E-state index contributed by atoms with van der Waals surface area (Å²) in [5.74, 6) is 1.68. The van der Waals surface area contributed by atoms with Crippen LogP contribution in [0.25, 0.3) is 0 Å². The molecule has 0 bridgehead atoms. The lowest BCUT2D eigenvalue weighted by Crippen LogP contribution is -2.01. The first-order valence-electron chi connectivity index (χ1n) is 6.62. The van der Waals surface area contributed by atoms with Crippen LogP contribution in [-0.2, 0) is 6.61 Å². The number of aromatic nitrogens is 1. The second-order valence-corrected chi connectivity index (χ2v) is 6.22. The lowest BCUT2D eigenvalue weighted by atomic mass is 10.1. The van der Waals surface area contributed by atoms with Crippen LogP contribution in [-0.4, -0.2) is 12.0 Å². The summed E-state index contributed by atoms with van der Waals surface area (Å²) in [6.45, 7) is 2.62. The molecule has 0 aliphatic heterocycles. The first kappa shape index (κ1) is 12.5. The number of thiazole rings is 1. The molecule has 1 fully saturated rings. The number of rotatable bonds is 5. The van der Waals surface area contributed by atoms with E-state index in [0.29, 0.717) is 12.5 Å². The van der Waals surface area contributed by atoms with E-state index in [9.17, 15) is 0 Å². The van der Waals surface area contributed by atoms with Gasteiger partial charge in [-0.3, -0.25) is 0 Å². The highest BCUT2D eigenvalue weighted by Crippen LogP contribution is 2.46. The molecule has 0 spiro atoms. The van der Waals surface area contributed by atoms with Crippen LogP contribution < -0.4 is 10.1 Å². The average Bonchev–Trinajstić information content (AvgIpc) is 3.19. The zero-order valence-electron chi connectivity index (χ0n) is 11.3. The molecule has 1 saturated carbocycles. The van der Waals surface area contributed by atoms with Crippen LogP contribution in [0.2, 0.25) is 0 Å². The molecule has 1 aliphatic rings. The summed E-state index contributed by atoms with van der Waals surface area (Å²) in [6, 6.07) is 6.34. The fourth-order valence-electron chi connectivity index (χ4n) is 2.23. The lowest BCUT2D eigenvalue weighted by Gasteiger charge is -2.14. The highest BCUT2D eigenvalue weighted by atomic mass is 32.1. The van der Waals surface area contributed by atoms with E-state index in [0.717, 1.165) is 16.4 Å². The first-order chi connectivity index (χ1) is 9.28. The van der Waals surface area contributed by atoms with E-state index in [4.69, 9.17) is 4.74 Å². The molecule has 0 saturated heterocycles. The minimum Gasteiger partial charge on any atom is -0.484 e. The van der Waals surface area contributed by atoms with Gasteiger partial charge in [-0.2, -0.15) is 0 Å². The van der Waals surface area contributed by atoms with Crippen molar-refractivity contribution in [1.29, 1.82) is 0 Å². The molecule has 1 heterocycles. The lowest BCUT2D eigenvalue weighted by molar-refractivity contribution is 0.304. The van der Waals surface area contributed by atoms with Crippen molar-refractivity contribution in [2.24, 2.45) is 0 Å². The largest absolute Gasteiger partial charge is 0.484 e. The van der Waals surface area contributed by atoms with Crippen molar-refractivity contribution < 1.29 is 4.74 Å². The summed E-state index contributed by atoms with van der Waals surface area (Å²) < 4.78 is 6.05.